The standard InChI is InChI=1S/C25H44O2/c1-3-5-6-7-9-24(25(26)27)23-18-16-22(17-19-23)15-14-21-12-10-20(8-4-2)11-13-21/h9,20-23H,3-8,10-19H2,1-2H3,(H,26,27). The van der Waals surface area contributed by atoms with Crippen molar-refractivity contribution < 1.29 is 9.90 Å². The number of unbranched alkanes of at least 4 members (excludes halogenated alkanes) is 3. The molecule has 0 saturated heterocycles. The van der Waals surface area contributed by atoms with Gasteiger partial charge in [-0.25, -0.2) is 4.79 Å². The van der Waals surface area contributed by atoms with Gasteiger partial charge in [0.15, 0.2) is 0 Å². The van der Waals surface area contributed by atoms with Crippen molar-refractivity contribution in [3.8, 4) is 0 Å². The Balaban J connectivity index is 1.67. The number of allylic oxidation sites excluding steroid dienone is 1. The molecule has 2 aliphatic carbocycles. The van der Waals surface area contributed by atoms with Crippen LogP contribution in [0.4, 0.5) is 0 Å². The summed E-state index contributed by atoms with van der Waals surface area (Å²) >= 11 is 0. The van der Waals surface area contributed by atoms with E-state index in [0.29, 0.717) is 5.92 Å². The van der Waals surface area contributed by atoms with Gasteiger partial charge in [0.2, 0.25) is 0 Å². The summed E-state index contributed by atoms with van der Waals surface area (Å²) in [6.45, 7) is 4.51. The van der Waals surface area contributed by atoms with Gasteiger partial charge in [0.1, 0.15) is 0 Å². The highest BCUT2D eigenvalue weighted by atomic mass is 16.4. The number of carboxylic acids is 1. The average Bonchev–Trinajstić information content (AvgIpc) is 2.68. The van der Waals surface area contributed by atoms with E-state index < -0.39 is 5.97 Å². The van der Waals surface area contributed by atoms with Crippen molar-refractivity contribution in [3.63, 3.8) is 0 Å². The van der Waals surface area contributed by atoms with Gasteiger partial charge in [-0.2, -0.15) is 0 Å². The Bertz CT molecular complexity index is 437. The Morgan fingerprint density at radius 1 is 0.778 bits per heavy atom. The number of aliphatic carboxylic acids is 1. The largest absolute Gasteiger partial charge is 0.478 e. The lowest BCUT2D eigenvalue weighted by atomic mass is 9.73. The molecule has 156 valence electrons. The zero-order valence-corrected chi connectivity index (χ0v) is 18.1. The van der Waals surface area contributed by atoms with Crippen LogP contribution in [0.3, 0.4) is 0 Å². The fourth-order valence-electron chi connectivity index (χ4n) is 5.53. The van der Waals surface area contributed by atoms with E-state index in [0.717, 1.165) is 49.0 Å². The predicted octanol–water partition coefficient (Wildman–Crippen LogP) is 7.77. The molecule has 2 rings (SSSR count). The van der Waals surface area contributed by atoms with Crippen LogP contribution in [0.1, 0.15) is 117 Å². The molecule has 2 heteroatoms. The van der Waals surface area contributed by atoms with Gasteiger partial charge in [-0.15, -0.1) is 0 Å². The van der Waals surface area contributed by atoms with Crippen LogP contribution in [0.15, 0.2) is 11.6 Å². The van der Waals surface area contributed by atoms with E-state index in [-0.39, 0.29) is 0 Å². The molecule has 27 heavy (non-hydrogen) atoms. The van der Waals surface area contributed by atoms with Gasteiger partial charge in [0.25, 0.3) is 0 Å². The minimum Gasteiger partial charge on any atom is -0.478 e. The SMILES string of the molecule is CCCCCC=C(C(=O)O)C1CCC(CCC2CCC(CCC)CC2)CC1. The average molecular weight is 377 g/mol. The molecule has 0 spiro atoms. The Hall–Kier alpha value is -0.790. The van der Waals surface area contributed by atoms with E-state index in [1.54, 1.807) is 0 Å². The number of hydrogen-bond donors (Lipinski definition) is 1. The second-order valence-electron chi connectivity index (χ2n) is 9.43. The molecular weight excluding hydrogens is 332 g/mol. The number of hydrogen-bond acceptors (Lipinski definition) is 1. The van der Waals surface area contributed by atoms with Gasteiger partial charge >= 0.3 is 5.97 Å². The number of carboxylic acid groups (broad SMARTS) is 1. The van der Waals surface area contributed by atoms with Gasteiger partial charge in [-0.05, 0) is 62.2 Å². The van der Waals surface area contributed by atoms with Gasteiger partial charge in [-0.1, -0.05) is 84.1 Å². The topological polar surface area (TPSA) is 37.3 Å². The minimum atomic E-state index is -0.668. The molecular formula is C25H44O2. The molecule has 0 aliphatic heterocycles. The minimum absolute atomic E-state index is 0.310. The normalized spacial score (nSPS) is 29.6. The summed E-state index contributed by atoms with van der Waals surface area (Å²) in [5.74, 6) is 2.48. The van der Waals surface area contributed by atoms with Crippen molar-refractivity contribution in [2.24, 2.45) is 23.7 Å². The lowest BCUT2D eigenvalue weighted by Gasteiger charge is -2.32. The van der Waals surface area contributed by atoms with Crippen molar-refractivity contribution in [1.82, 2.24) is 0 Å². The van der Waals surface area contributed by atoms with Crippen LogP contribution in [-0.4, -0.2) is 11.1 Å². The van der Waals surface area contributed by atoms with E-state index in [2.05, 4.69) is 13.8 Å². The number of rotatable bonds is 11. The summed E-state index contributed by atoms with van der Waals surface area (Å²) in [6, 6.07) is 0. The molecule has 0 heterocycles. The molecule has 2 fully saturated rings. The number of carbonyl (C=O) groups is 1. The summed E-state index contributed by atoms with van der Waals surface area (Å²) in [5, 5.41) is 9.61. The van der Waals surface area contributed by atoms with Crippen LogP contribution < -0.4 is 0 Å². The Kier molecular flexibility index (Phi) is 10.5. The molecule has 0 atom stereocenters. The second-order valence-corrected chi connectivity index (χ2v) is 9.43. The van der Waals surface area contributed by atoms with E-state index in [4.69, 9.17) is 0 Å². The highest BCUT2D eigenvalue weighted by molar-refractivity contribution is 5.87. The molecule has 2 saturated carbocycles. The van der Waals surface area contributed by atoms with E-state index in [9.17, 15) is 9.90 Å². The van der Waals surface area contributed by atoms with Crippen molar-refractivity contribution in [1.29, 1.82) is 0 Å². The van der Waals surface area contributed by atoms with E-state index >= 15 is 0 Å². The van der Waals surface area contributed by atoms with E-state index in [1.165, 1.54) is 77.0 Å². The van der Waals surface area contributed by atoms with Crippen LogP contribution in [-0.2, 0) is 4.79 Å². The zero-order valence-electron chi connectivity index (χ0n) is 18.1. The van der Waals surface area contributed by atoms with Crippen molar-refractivity contribution >= 4 is 5.97 Å². The fourth-order valence-corrected chi connectivity index (χ4v) is 5.53. The fraction of sp³-hybridized carbons (Fsp3) is 0.880. The van der Waals surface area contributed by atoms with Crippen LogP contribution in [0.5, 0.6) is 0 Å². The first-order valence-corrected chi connectivity index (χ1v) is 12.1. The summed E-state index contributed by atoms with van der Waals surface area (Å²) in [6.07, 6.45) is 22.7. The molecule has 0 aromatic heterocycles. The molecule has 0 aromatic carbocycles. The molecule has 2 nitrogen and oxygen atoms in total. The summed E-state index contributed by atoms with van der Waals surface area (Å²) < 4.78 is 0. The van der Waals surface area contributed by atoms with E-state index in [1.807, 2.05) is 6.08 Å². The van der Waals surface area contributed by atoms with Crippen LogP contribution >= 0.6 is 0 Å². The van der Waals surface area contributed by atoms with Crippen molar-refractivity contribution in [2.75, 3.05) is 0 Å². The first-order chi connectivity index (χ1) is 13.1. The van der Waals surface area contributed by atoms with Crippen LogP contribution in [0, 0.1) is 23.7 Å². The van der Waals surface area contributed by atoms with Gasteiger partial charge < -0.3 is 5.11 Å². The summed E-state index contributed by atoms with van der Waals surface area (Å²) in [4.78, 5) is 11.7. The summed E-state index contributed by atoms with van der Waals surface area (Å²) in [7, 11) is 0. The highest BCUT2D eigenvalue weighted by Crippen LogP contribution is 2.39. The third-order valence-electron chi connectivity index (χ3n) is 7.35. The quantitative estimate of drug-likeness (QED) is 0.295. The van der Waals surface area contributed by atoms with Gasteiger partial charge in [0.05, 0.1) is 0 Å². The molecule has 0 radical (unpaired) electrons. The smallest absolute Gasteiger partial charge is 0.331 e. The lowest BCUT2D eigenvalue weighted by Crippen LogP contribution is -2.21. The summed E-state index contributed by atoms with van der Waals surface area (Å²) in [5.41, 5.74) is 0.721. The molecule has 0 amide bonds. The Morgan fingerprint density at radius 2 is 1.30 bits per heavy atom. The highest BCUT2D eigenvalue weighted by Gasteiger charge is 2.28. The van der Waals surface area contributed by atoms with Crippen molar-refractivity contribution in [2.45, 2.75) is 117 Å². The zero-order chi connectivity index (χ0) is 19.5. The molecule has 0 aromatic rings. The molecule has 0 unspecified atom stereocenters. The van der Waals surface area contributed by atoms with Gasteiger partial charge in [0, 0.05) is 5.57 Å². The van der Waals surface area contributed by atoms with Crippen LogP contribution in [0.25, 0.3) is 0 Å². The third-order valence-corrected chi connectivity index (χ3v) is 7.35. The first kappa shape index (κ1) is 22.5. The maximum absolute atomic E-state index is 11.7. The monoisotopic (exact) mass is 376 g/mol. The second kappa shape index (κ2) is 12.6. The third kappa shape index (κ3) is 8.00. The van der Waals surface area contributed by atoms with Crippen LogP contribution in [0.2, 0.25) is 0 Å². The maximum atomic E-state index is 11.7. The van der Waals surface area contributed by atoms with Gasteiger partial charge in [-0.3, -0.25) is 0 Å². The Labute approximate surface area is 168 Å². The Morgan fingerprint density at radius 3 is 1.78 bits per heavy atom. The van der Waals surface area contributed by atoms with Crippen molar-refractivity contribution in [3.05, 3.63) is 11.6 Å². The molecule has 1 N–H and O–H groups in total. The lowest BCUT2D eigenvalue weighted by molar-refractivity contribution is -0.133. The molecule has 2 aliphatic rings. The first-order valence-electron chi connectivity index (χ1n) is 12.1. The molecule has 0 bridgehead atoms. The maximum Gasteiger partial charge on any atom is 0.331 e. The predicted molar refractivity (Wildman–Crippen MR) is 115 cm³/mol.